The second kappa shape index (κ2) is 16.6. The molecule has 1 aromatic carbocycles. The lowest BCUT2D eigenvalue weighted by molar-refractivity contribution is -0.289. The number of allylic oxidation sites excluding steroid dienone is 2. The number of amides is 2. The Balaban J connectivity index is 2.37. The molecule has 2 unspecified atom stereocenters. The molecular formula is C36H44F6N4O7. The summed E-state index contributed by atoms with van der Waals surface area (Å²) in [5, 5.41) is 7.25. The van der Waals surface area contributed by atoms with Crippen molar-refractivity contribution in [1.82, 2.24) is 15.2 Å². The molecule has 2 heterocycles. The number of halogens is 6. The normalized spacial score (nSPS) is 14.5. The van der Waals surface area contributed by atoms with Crippen LogP contribution in [0.5, 0.6) is 5.88 Å². The standard InChI is InChI=1S/C36H44F6N4O7/c1-10-12-14-19-23(11-2)50-27-24(35(37,38)39)20-25(46(30(47)52-32(3,4)5)31(48)53-33(6,7)8)26(43-27)28-44-45-29(51-28)34(9,36(40,41)42)49-21-22-17-15-13-16-18-22/h10,12-13,15-18,20,23H,11,14,19,21H2,1-9H3/b12-10+. The van der Waals surface area contributed by atoms with Gasteiger partial charge in [-0.05, 0) is 86.3 Å². The number of alkyl halides is 6. The van der Waals surface area contributed by atoms with Crippen LogP contribution in [0.4, 0.5) is 41.6 Å². The highest BCUT2D eigenvalue weighted by Gasteiger charge is 2.58. The fourth-order valence-electron chi connectivity index (χ4n) is 4.52. The molecular weight excluding hydrogens is 714 g/mol. The predicted molar refractivity (Wildman–Crippen MR) is 181 cm³/mol. The molecule has 11 nitrogen and oxygen atoms in total. The monoisotopic (exact) mass is 758 g/mol. The molecule has 2 atom stereocenters. The number of imide groups is 1. The summed E-state index contributed by atoms with van der Waals surface area (Å²) < 4.78 is 116. The molecule has 17 heteroatoms. The van der Waals surface area contributed by atoms with E-state index in [9.17, 15) is 35.9 Å². The molecule has 0 saturated heterocycles. The summed E-state index contributed by atoms with van der Waals surface area (Å²) >= 11 is 0. The number of ether oxygens (including phenoxy) is 4. The van der Waals surface area contributed by atoms with Crippen LogP contribution >= 0.6 is 0 Å². The zero-order chi connectivity index (χ0) is 40.0. The highest BCUT2D eigenvalue weighted by molar-refractivity contribution is 6.11. The summed E-state index contributed by atoms with van der Waals surface area (Å²) in [6.07, 6.45) is -9.66. The first-order chi connectivity index (χ1) is 24.4. The van der Waals surface area contributed by atoms with Crippen LogP contribution in [-0.4, -0.2) is 50.9 Å². The van der Waals surface area contributed by atoms with Gasteiger partial charge in [0.2, 0.25) is 11.5 Å². The van der Waals surface area contributed by atoms with Gasteiger partial charge in [-0.1, -0.05) is 49.4 Å². The van der Waals surface area contributed by atoms with Crippen molar-refractivity contribution in [3.8, 4) is 17.5 Å². The minimum Gasteiger partial charge on any atom is -0.474 e. The number of anilines is 1. The van der Waals surface area contributed by atoms with E-state index in [0.717, 1.165) is 0 Å². The lowest BCUT2D eigenvalue weighted by atomic mass is 10.1. The van der Waals surface area contributed by atoms with Crippen molar-refractivity contribution in [3.05, 3.63) is 65.6 Å². The molecule has 0 saturated carbocycles. The molecule has 0 N–H and O–H groups in total. The summed E-state index contributed by atoms with van der Waals surface area (Å²) in [4.78, 5) is 31.4. The number of aromatic nitrogens is 3. The van der Waals surface area contributed by atoms with E-state index in [1.807, 2.05) is 0 Å². The SMILES string of the molecule is C/C=C/CCC(CC)Oc1nc(-c2nnc(C(C)(OCc3ccccc3)C(F)(F)F)o2)c(N(C(=O)OC(C)(C)C)C(=O)OC(C)(C)C)cc1C(F)(F)F. The minimum absolute atomic E-state index is 0.125. The lowest BCUT2D eigenvalue weighted by Crippen LogP contribution is -2.44. The van der Waals surface area contributed by atoms with Crippen molar-refractivity contribution in [3.63, 3.8) is 0 Å². The zero-order valence-corrected chi connectivity index (χ0v) is 30.9. The fraction of sp³-hybridized carbons (Fsp3) is 0.528. The third kappa shape index (κ3) is 11.4. The second-order valence-corrected chi connectivity index (χ2v) is 14.0. The van der Waals surface area contributed by atoms with Gasteiger partial charge in [0.1, 0.15) is 22.9 Å². The van der Waals surface area contributed by atoms with Gasteiger partial charge >= 0.3 is 24.5 Å². The average Bonchev–Trinajstić information content (AvgIpc) is 3.52. The molecule has 2 aromatic heterocycles. The Kier molecular flexibility index (Phi) is 13.4. The van der Waals surface area contributed by atoms with Crippen LogP contribution in [0.15, 0.2) is 53.0 Å². The molecule has 0 aliphatic rings. The average molecular weight is 759 g/mol. The first kappa shape index (κ1) is 42.7. The van der Waals surface area contributed by atoms with Gasteiger partial charge in [0, 0.05) is 0 Å². The van der Waals surface area contributed by atoms with Crippen molar-refractivity contribution in [1.29, 1.82) is 0 Å². The molecule has 0 bridgehead atoms. The van der Waals surface area contributed by atoms with Crippen molar-refractivity contribution >= 4 is 17.9 Å². The van der Waals surface area contributed by atoms with Gasteiger partial charge < -0.3 is 23.4 Å². The number of rotatable bonds is 12. The molecule has 53 heavy (non-hydrogen) atoms. The van der Waals surface area contributed by atoms with Crippen LogP contribution in [-0.2, 0) is 32.6 Å². The predicted octanol–water partition coefficient (Wildman–Crippen LogP) is 10.3. The number of carbonyl (C=O) groups is 2. The second-order valence-electron chi connectivity index (χ2n) is 14.0. The number of pyridine rings is 1. The minimum atomic E-state index is -5.19. The maximum Gasteiger partial charge on any atom is 0.426 e. The third-order valence-corrected chi connectivity index (χ3v) is 7.24. The highest BCUT2D eigenvalue weighted by atomic mass is 19.4. The van der Waals surface area contributed by atoms with E-state index in [2.05, 4.69) is 15.2 Å². The maximum atomic E-state index is 14.8. The van der Waals surface area contributed by atoms with Crippen molar-refractivity contribution in [2.24, 2.45) is 0 Å². The summed E-state index contributed by atoms with van der Waals surface area (Å²) in [7, 11) is 0. The maximum absolute atomic E-state index is 14.8. The Hall–Kier alpha value is -4.67. The quantitative estimate of drug-likeness (QED) is 0.130. The zero-order valence-electron chi connectivity index (χ0n) is 30.9. The van der Waals surface area contributed by atoms with Gasteiger partial charge in [-0.3, -0.25) is 0 Å². The van der Waals surface area contributed by atoms with Crippen molar-refractivity contribution in [2.75, 3.05) is 4.90 Å². The topological polar surface area (TPSA) is 126 Å². The largest absolute Gasteiger partial charge is 0.474 e. The summed E-state index contributed by atoms with van der Waals surface area (Å²) in [6, 6.07) is 8.27. The molecule has 0 spiro atoms. The van der Waals surface area contributed by atoms with E-state index in [1.54, 1.807) is 44.2 Å². The number of benzene rings is 1. The van der Waals surface area contributed by atoms with E-state index in [0.29, 0.717) is 25.0 Å². The van der Waals surface area contributed by atoms with Crippen LogP contribution in [0.3, 0.4) is 0 Å². The number of nitrogens with zero attached hydrogens (tertiary/aromatic N) is 4. The van der Waals surface area contributed by atoms with Gasteiger partial charge in [0.15, 0.2) is 5.69 Å². The summed E-state index contributed by atoms with van der Waals surface area (Å²) in [5.41, 5.74) is -8.74. The molecule has 292 valence electrons. The third-order valence-electron chi connectivity index (χ3n) is 7.24. The Morgan fingerprint density at radius 2 is 1.49 bits per heavy atom. The first-order valence-electron chi connectivity index (χ1n) is 16.6. The summed E-state index contributed by atoms with van der Waals surface area (Å²) in [5.74, 6) is -3.08. The Bertz CT molecular complexity index is 1700. The Morgan fingerprint density at radius 1 is 0.906 bits per heavy atom. The highest BCUT2D eigenvalue weighted by Crippen LogP contribution is 2.45. The number of hydrogen-bond acceptors (Lipinski definition) is 10. The van der Waals surface area contributed by atoms with Crippen LogP contribution in [0.1, 0.15) is 98.6 Å². The van der Waals surface area contributed by atoms with Crippen molar-refractivity contribution in [2.45, 2.75) is 123 Å². The van der Waals surface area contributed by atoms with E-state index in [-0.39, 0.29) is 17.7 Å². The van der Waals surface area contributed by atoms with E-state index in [1.165, 1.54) is 53.7 Å². The first-order valence-corrected chi connectivity index (χ1v) is 16.6. The summed E-state index contributed by atoms with van der Waals surface area (Å²) in [6.45, 7) is 12.1. The van der Waals surface area contributed by atoms with Gasteiger partial charge in [-0.15, -0.1) is 10.2 Å². The van der Waals surface area contributed by atoms with E-state index >= 15 is 0 Å². The molecule has 0 fully saturated rings. The van der Waals surface area contributed by atoms with Crippen LogP contribution in [0, 0.1) is 0 Å². The van der Waals surface area contributed by atoms with Crippen LogP contribution < -0.4 is 9.64 Å². The molecule has 2 amide bonds. The molecule has 0 aliphatic carbocycles. The lowest BCUT2D eigenvalue weighted by Gasteiger charge is -2.30. The van der Waals surface area contributed by atoms with E-state index in [4.69, 9.17) is 23.4 Å². The fourth-order valence-corrected chi connectivity index (χ4v) is 4.52. The smallest absolute Gasteiger partial charge is 0.426 e. The molecule has 0 radical (unpaired) electrons. The van der Waals surface area contributed by atoms with Gasteiger partial charge in [-0.25, -0.2) is 14.6 Å². The number of carbonyl (C=O) groups excluding carboxylic acids is 2. The molecule has 3 aromatic rings. The van der Waals surface area contributed by atoms with Gasteiger partial charge in [0.25, 0.3) is 11.8 Å². The van der Waals surface area contributed by atoms with Crippen LogP contribution in [0.25, 0.3) is 11.6 Å². The van der Waals surface area contributed by atoms with Gasteiger partial charge in [0.05, 0.1) is 12.3 Å². The van der Waals surface area contributed by atoms with Crippen LogP contribution in [0.2, 0.25) is 0 Å². The van der Waals surface area contributed by atoms with Gasteiger partial charge in [-0.2, -0.15) is 31.2 Å². The molecule has 0 aliphatic heterocycles. The Labute approximate surface area is 303 Å². The Morgan fingerprint density at radius 3 is 1.98 bits per heavy atom. The van der Waals surface area contributed by atoms with Crippen molar-refractivity contribution < 1.29 is 59.3 Å². The number of hydrogen-bond donors (Lipinski definition) is 0. The van der Waals surface area contributed by atoms with E-state index < -0.39 is 88.7 Å². The molecule has 3 rings (SSSR count).